The van der Waals surface area contributed by atoms with E-state index >= 15 is 0 Å². The Balaban J connectivity index is 1.90. The van der Waals surface area contributed by atoms with Crippen molar-refractivity contribution in [1.29, 1.82) is 0 Å². The van der Waals surface area contributed by atoms with Crippen LogP contribution in [0.1, 0.15) is 16.7 Å². The molecule has 0 saturated carbocycles. The number of likely N-dealkylation sites (N-methyl/N-ethyl adjacent to an activating group) is 1. The summed E-state index contributed by atoms with van der Waals surface area (Å²) >= 11 is 5.27. The van der Waals surface area contributed by atoms with Crippen LogP contribution in [0.3, 0.4) is 0 Å². The zero-order valence-corrected chi connectivity index (χ0v) is 15.6. The normalized spacial score (nSPS) is 10.7. The van der Waals surface area contributed by atoms with Crippen LogP contribution in [-0.4, -0.2) is 36.6 Å². The lowest BCUT2D eigenvalue weighted by Crippen LogP contribution is -2.24. The summed E-state index contributed by atoms with van der Waals surface area (Å²) in [5.74, 6) is 0. The molecule has 0 aromatic heterocycles. The van der Waals surface area contributed by atoms with Crippen LogP contribution in [0.25, 0.3) is 0 Å². The molecule has 6 heteroatoms. The third-order valence-corrected chi connectivity index (χ3v) is 4.20. The summed E-state index contributed by atoms with van der Waals surface area (Å²) < 4.78 is 0. The summed E-state index contributed by atoms with van der Waals surface area (Å²) in [5.41, 5.74) is 8.19. The zero-order chi connectivity index (χ0) is 18.2. The van der Waals surface area contributed by atoms with Crippen molar-refractivity contribution in [3.63, 3.8) is 0 Å². The van der Waals surface area contributed by atoms with Gasteiger partial charge in [0, 0.05) is 25.0 Å². The smallest absolute Gasteiger partial charge is 0.191 e. The van der Waals surface area contributed by atoms with Gasteiger partial charge in [0.25, 0.3) is 0 Å². The molecule has 0 aliphatic carbocycles. The fourth-order valence-electron chi connectivity index (χ4n) is 2.30. The van der Waals surface area contributed by atoms with E-state index in [1.54, 1.807) is 6.21 Å². The summed E-state index contributed by atoms with van der Waals surface area (Å²) in [4.78, 5) is 1.99. The highest BCUT2D eigenvalue weighted by atomic mass is 32.1. The van der Waals surface area contributed by atoms with E-state index in [9.17, 15) is 0 Å². The molecule has 2 aromatic rings. The SMILES string of the molecule is Cc1cccc(NC(=S)NN=Cc2ccc(N(C)CCO)cc2)c1C. The number of nitrogens with one attached hydrogen (secondary N) is 2. The Morgan fingerprint density at radius 3 is 2.60 bits per heavy atom. The highest BCUT2D eigenvalue weighted by Gasteiger charge is 2.02. The van der Waals surface area contributed by atoms with E-state index in [0.717, 1.165) is 16.9 Å². The van der Waals surface area contributed by atoms with Crippen LogP contribution in [-0.2, 0) is 0 Å². The monoisotopic (exact) mass is 356 g/mol. The van der Waals surface area contributed by atoms with Gasteiger partial charge in [0.2, 0.25) is 0 Å². The van der Waals surface area contributed by atoms with Gasteiger partial charge in [-0.1, -0.05) is 24.3 Å². The van der Waals surface area contributed by atoms with E-state index in [1.807, 2.05) is 48.3 Å². The number of aliphatic hydroxyl groups is 1. The van der Waals surface area contributed by atoms with Crippen molar-refractivity contribution < 1.29 is 5.11 Å². The molecule has 0 unspecified atom stereocenters. The number of hydrogen-bond acceptors (Lipinski definition) is 4. The number of aryl methyl sites for hydroxylation is 1. The Bertz CT molecular complexity index is 744. The van der Waals surface area contributed by atoms with Gasteiger partial charge in [-0.2, -0.15) is 5.10 Å². The second-order valence-corrected chi connectivity index (χ2v) is 6.22. The minimum Gasteiger partial charge on any atom is -0.395 e. The lowest BCUT2D eigenvalue weighted by molar-refractivity contribution is 0.304. The number of benzene rings is 2. The first-order chi connectivity index (χ1) is 12.0. The van der Waals surface area contributed by atoms with Gasteiger partial charge in [0.15, 0.2) is 5.11 Å². The highest BCUT2D eigenvalue weighted by molar-refractivity contribution is 7.80. The van der Waals surface area contributed by atoms with Crippen molar-refractivity contribution in [2.75, 3.05) is 30.4 Å². The lowest BCUT2D eigenvalue weighted by atomic mass is 10.1. The van der Waals surface area contributed by atoms with Crippen LogP contribution in [0.4, 0.5) is 11.4 Å². The molecule has 0 bridgehead atoms. The molecule has 2 aromatic carbocycles. The molecule has 0 atom stereocenters. The average Bonchev–Trinajstić information content (AvgIpc) is 2.60. The molecular formula is C19H24N4OS. The van der Waals surface area contributed by atoms with Crippen LogP contribution < -0.4 is 15.6 Å². The van der Waals surface area contributed by atoms with Gasteiger partial charge in [-0.3, -0.25) is 5.43 Å². The number of thiocarbonyl (C=S) groups is 1. The first-order valence-electron chi connectivity index (χ1n) is 8.09. The summed E-state index contributed by atoms with van der Waals surface area (Å²) in [6.45, 7) is 4.86. The van der Waals surface area contributed by atoms with Gasteiger partial charge >= 0.3 is 0 Å². The average molecular weight is 356 g/mol. The molecule has 3 N–H and O–H groups in total. The fraction of sp³-hybridized carbons (Fsp3) is 0.263. The summed E-state index contributed by atoms with van der Waals surface area (Å²) in [5, 5.41) is 16.7. The largest absolute Gasteiger partial charge is 0.395 e. The molecule has 0 amide bonds. The Morgan fingerprint density at radius 2 is 1.92 bits per heavy atom. The van der Waals surface area contributed by atoms with E-state index in [1.165, 1.54) is 11.1 Å². The van der Waals surface area contributed by atoms with Crippen molar-refractivity contribution >= 4 is 34.9 Å². The van der Waals surface area contributed by atoms with Gasteiger partial charge in [-0.15, -0.1) is 0 Å². The van der Waals surface area contributed by atoms with Crippen LogP contribution in [0.5, 0.6) is 0 Å². The Hall–Kier alpha value is -2.44. The maximum Gasteiger partial charge on any atom is 0.191 e. The number of nitrogens with zero attached hydrogens (tertiary/aromatic N) is 2. The highest BCUT2D eigenvalue weighted by Crippen LogP contribution is 2.17. The second-order valence-electron chi connectivity index (χ2n) is 5.81. The van der Waals surface area contributed by atoms with E-state index in [4.69, 9.17) is 17.3 Å². The van der Waals surface area contributed by atoms with Crippen molar-refractivity contribution in [3.05, 3.63) is 59.2 Å². The summed E-state index contributed by atoms with van der Waals surface area (Å²) in [6, 6.07) is 14.0. The first kappa shape index (κ1) is 18.9. The molecule has 0 saturated heterocycles. The number of hydrogen-bond donors (Lipinski definition) is 3. The zero-order valence-electron chi connectivity index (χ0n) is 14.8. The minimum atomic E-state index is 0.133. The second kappa shape index (κ2) is 9.15. The van der Waals surface area contributed by atoms with Gasteiger partial charge in [-0.25, -0.2) is 0 Å². The predicted molar refractivity (Wildman–Crippen MR) is 110 cm³/mol. The van der Waals surface area contributed by atoms with Crippen LogP contribution in [0, 0.1) is 13.8 Å². The molecular weight excluding hydrogens is 332 g/mol. The first-order valence-corrected chi connectivity index (χ1v) is 8.50. The van der Waals surface area contributed by atoms with Crippen molar-refractivity contribution in [3.8, 4) is 0 Å². The maximum absolute atomic E-state index is 8.97. The van der Waals surface area contributed by atoms with Crippen molar-refractivity contribution in [2.45, 2.75) is 13.8 Å². The van der Waals surface area contributed by atoms with Crippen LogP contribution >= 0.6 is 12.2 Å². The van der Waals surface area contributed by atoms with Crippen LogP contribution in [0.2, 0.25) is 0 Å². The molecule has 5 nitrogen and oxygen atoms in total. The molecule has 2 rings (SSSR count). The standard InChI is InChI=1S/C19H24N4OS/c1-14-5-4-6-18(15(14)2)21-19(25)22-20-13-16-7-9-17(10-8-16)23(3)11-12-24/h4-10,13,24H,11-12H2,1-3H3,(H2,21,22,25). The molecule has 132 valence electrons. The predicted octanol–water partition coefficient (Wildman–Crippen LogP) is 3.05. The molecule has 0 heterocycles. The molecule has 0 aliphatic heterocycles. The van der Waals surface area contributed by atoms with Gasteiger partial charge < -0.3 is 15.3 Å². The van der Waals surface area contributed by atoms with Crippen LogP contribution in [0.15, 0.2) is 47.6 Å². The molecule has 0 spiro atoms. The number of aliphatic hydroxyl groups excluding tert-OH is 1. The lowest BCUT2D eigenvalue weighted by Gasteiger charge is -2.17. The van der Waals surface area contributed by atoms with E-state index < -0.39 is 0 Å². The van der Waals surface area contributed by atoms with E-state index in [0.29, 0.717) is 11.7 Å². The Labute approximate surface area is 154 Å². The molecule has 0 radical (unpaired) electrons. The van der Waals surface area contributed by atoms with Crippen molar-refractivity contribution in [2.24, 2.45) is 5.10 Å². The fourth-order valence-corrected chi connectivity index (χ4v) is 2.46. The van der Waals surface area contributed by atoms with E-state index in [-0.39, 0.29) is 6.61 Å². The third-order valence-electron chi connectivity index (χ3n) is 4.00. The maximum atomic E-state index is 8.97. The minimum absolute atomic E-state index is 0.133. The van der Waals surface area contributed by atoms with Gasteiger partial charge in [-0.05, 0) is 61.0 Å². The number of hydrazone groups is 1. The van der Waals surface area contributed by atoms with Gasteiger partial charge in [0.1, 0.15) is 0 Å². The quantitative estimate of drug-likeness (QED) is 0.422. The summed E-state index contributed by atoms with van der Waals surface area (Å²) in [7, 11) is 1.94. The van der Waals surface area contributed by atoms with Gasteiger partial charge in [0.05, 0.1) is 12.8 Å². The van der Waals surface area contributed by atoms with E-state index in [2.05, 4.69) is 35.8 Å². The molecule has 25 heavy (non-hydrogen) atoms. The topological polar surface area (TPSA) is 59.9 Å². The Kier molecular flexibility index (Phi) is 6.91. The number of rotatable bonds is 6. The molecule has 0 aliphatic rings. The third kappa shape index (κ3) is 5.55. The van der Waals surface area contributed by atoms with Crippen molar-refractivity contribution in [1.82, 2.24) is 5.43 Å². The number of anilines is 2. The Morgan fingerprint density at radius 1 is 1.20 bits per heavy atom. The summed E-state index contributed by atoms with van der Waals surface area (Å²) in [6.07, 6.45) is 1.72. The molecule has 0 fully saturated rings.